The van der Waals surface area contributed by atoms with Crippen molar-refractivity contribution in [2.75, 3.05) is 11.5 Å². The van der Waals surface area contributed by atoms with Crippen LogP contribution in [0.2, 0.25) is 0 Å². The molecule has 1 N–H and O–H groups in total. The molecular formula is C10H21NO2S2. The van der Waals surface area contributed by atoms with E-state index in [0.717, 1.165) is 25.0 Å². The van der Waals surface area contributed by atoms with E-state index in [1.54, 1.807) is 6.92 Å². The summed E-state index contributed by atoms with van der Waals surface area (Å²) in [6.07, 6.45) is 4.53. The van der Waals surface area contributed by atoms with Crippen molar-refractivity contribution in [3.8, 4) is 0 Å². The third-order valence-electron chi connectivity index (χ3n) is 2.79. The van der Waals surface area contributed by atoms with Gasteiger partial charge in [-0.25, -0.2) is 13.1 Å². The van der Waals surface area contributed by atoms with Gasteiger partial charge < -0.3 is 0 Å². The molecule has 5 heteroatoms. The Hall–Kier alpha value is 0.260. The molecule has 0 spiro atoms. The third-order valence-corrected chi connectivity index (χ3v) is 5.54. The van der Waals surface area contributed by atoms with Crippen LogP contribution in [-0.4, -0.2) is 31.2 Å². The minimum absolute atomic E-state index is 0.161. The van der Waals surface area contributed by atoms with E-state index in [1.165, 1.54) is 6.42 Å². The van der Waals surface area contributed by atoms with Gasteiger partial charge in [0, 0.05) is 11.3 Å². The summed E-state index contributed by atoms with van der Waals surface area (Å²) in [5, 5.41) is 0.477. The molecule has 0 bridgehead atoms. The van der Waals surface area contributed by atoms with Gasteiger partial charge in [0.1, 0.15) is 0 Å². The summed E-state index contributed by atoms with van der Waals surface area (Å²) in [6.45, 7) is 3.82. The van der Waals surface area contributed by atoms with Crippen molar-refractivity contribution in [1.29, 1.82) is 0 Å². The van der Waals surface area contributed by atoms with Gasteiger partial charge >= 0.3 is 0 Å². The second-order valence-corrected chi connectivity index (χ2v) is 7.46. The van der Waals surface area contributed by atoms with Crippen molar-refractivity contribution in [2.24, 2.45) is 0 Å². The Balaban J connectivity index is 2.56. The highest BCUT2D eigenvalue weighted by Gasteiger charge is 2.27. The van der Waals surface area contributed by atoms with Crippen molar-refractivity contribution in [2.45, 2.75) is 50.8 Å². The highest BCUT2D eigenvalue weighted by molar-refractivity contribution is 8.00. The fourth-order valence-corrected chi connectivity index (χ4v) is 4.15. The number of rotatable bonds is 5. The van der Waals surface area contributed by atoms with E-state index in [-0.39, 0.29) is 11.8 Å². The van der Waals surface area contributed by atoms with Gasteiger partial charge in [-0.3, -0.25) is 0 Å². The molecule has 1 aliphatic carbocycles. The van der Waals surface area contributed by atoms with Gasteiger partial charge in [-0.2, -0.15) is 11.8 Å². The van der Waals surface area contributed by atoms with Crippen LogP contribution in [0.4, 0.5) is 0 Å². The van der Waals surface area contributed by atoms with Crippen LogP contribution in [0.3, 0.4) is 0 Å². The molecule has 0 radical (unpaired) electrons. The number of thioether (sulfide) groups is 1. The van der Waals surface area contributed by atoms with Crippen LogP contribution < -0.4 is 4.72 Å². The minimum atomic E-state index is -3.03. The van der Waals surface area contributed by atoms with Crippen LogP contribution in [0.5, 0.6) is 0 Å². The van der Waals surface area contributed by atoms with Gasteiger partial charge in [-0.1, -0.05) is 19.8 Å². The highest BCUT2D eigenvalue weighted by Crippen LogP contribution is 2.28. The van der Waals surface area contributed by atoms with E-state index in [1.807, 2.05) is 11.8 Å². The van der Waals surface area contributed by atoms with Crippen molar-refractivity contribution in [3.63, 3.8) is 0 Å². The molecule has 1 aliphatic rings. The van der Waals surface area contributed by atoms with Crippen molar-refractivity contribution >= 4 is 21.8 Å². The predicted octanol–water partition coefficient (Wildman–Crippen LogP) is 1.99. The molecule has 1 fully saturated rings. The molecule has 15 heavy (non-hydrogen) atoms. The summed E-state index contributed by atoms with van der Waals surface area (Å²) in [6, 6.07) is 0.161. The van der Waals surface area contributed by atoms with Gasteiger partial charge in [0.25, 0.3) is 0 Å². The van der Waals surface area contributed by atoms with Crippen LogP contribution in [0.15, 0.2) is 0 Å². The lowest BCUT2D eigenvalue weighted by Gasteiger charge is -2.31. The maximum Gasteiger partial charge on any atom is 0.211 e. The maximum absolute atomic E-state index is 11.5. The lowest BCUT2D eigenvalue weighted by atomic mass is 9.96. The molecule has 0 aromatic carbocycles. The van der Waals surface area contributed by atoms with Crippen LogP contribution in [-0.2, 0) is 10.0 Å². The first-order chi connectivity index (χ1) is 7.09. The lowest BCUT2D eigenvalue weighted by Crippen LogP contribution is -2.44. The van der Waals surface area contributed by atoms with E-state index >= 15 is 0 Å². The summed E-state index contributed by atoms with van der Waals surface area (Å²) in [5.74, 6) is 1.25. The summed E-state index contributed by atoms with van der Waals surface area (Å²) in [5.41, 5.74) is 0. The normalized spacial score (nSPS) is 27.9. The molecule has 2 atom stereocenters. The van der Waals surface area contributed by atoms with Crippen LogP contribution in [0, 0.1) is 0 Å². The molecule has 0 saturated heterocycles. The molecule has 1 saturated carbocycles. The first-order valence-corrected chi connectivity index (χ1v) is 8.40. The Morgan fingerprint density at radius 1 is 1.27 bits per heavy atom. The van der Waals surface area contributed by atoms with Gasteiger partial charge in [0.05, 0.1) is 5.75 Å². The standard InChI is InChI=1S/C10H21NO2S2/c1-3-14-10-8-6-5-7-9(10)11-15(12,13)4-2/h9-11H,3-8H2,1-2H3/t9-,10+/m1/s1. The topological polar surface area (TPSA) is 46.2 Å². The molecule has 0 aromatic heterocycles. The fourth-order valence-electron chi connectivity index (χ4n) is 1.96. The first kappa shape index (κ1) is 13.3. The van der Waals surface area contributed by atoms with Crippen LogP contribution in [0.1, 0.15) is 39.5 Å². The van der Waals surface area contributed by atoms with Crippen molar-refractivity contribution < 1.29 is 8.42 Å². The average Bonchev–Trinajstić information content (AvgIpc) is 2.21. The molecule has 3 nitrogen and oxygen atoms in total. The summed E-state index contributed by atoms with van der Waals surface area (Å²) >= 11 is 1.88. The van der Waals surface area contributed by atoms with Crippen molar-refractivity contribution in [3.05, 3.63) is 0 Å². The Labute approximate surface area is 97.5 Å². The zero-order valence-corrected chi connectivity index (χ0v) is 11.2. The zero-order valence-electron chi connectivity index (χ0n) is 9.53. The minimum Gasteiger partial charge on any atom is -0.212 e. The number of sulfonamides is 1. The van der Waals surface area contributed by atoms with E-state index in [4.69, 9.17) is 0 Å². The number of nitrogens with one attached hydrogen (secondary N) is 1. The molecule has 0 heterocycles. The molecule has 90 valence electrons. The summed E-state index contributed by atoms with van der Waals surface area (Å²) in [7, 11) is -3.03. The average molecular weight is 251 g/mol. The third kappa shape index (κ3) is 4.33. The number of hydrogen-bond donors (Lipinski definition) is 1. The molecule has 0 unspecified atom stereocenters. The largest absolute Gasteiger partial charge is 0.212 e. The molecule has 0 aliphatic heterocycles. The smallest absolute Gasteiger partial charge is 0.211 e. The molecule has 1 rings (SSSR count). The second kappa shape index (κ2) is 6.11. The van der Waals surface area contributed by atoms with Crippen LogP contribution in [0.25, 0.3) is 0 Å². The fraction of sp³-hybridized carbons (Fsp3) is 1.00. The molecule has 0 aromatic rings. The Morgan fingerprint density at radius 2 is 1.93 bits per heavy atom. The monoisotopic (exact) mass is 251 g/mol. The lowest BCUT2D eigenvalue weighted by molar-refractivity contribution is 0.423. The van der Waals surface area contributed by atoms with Crippen molar-refractivity contribution in [1.82, 2.24) is 4.72 Å². The van der Waals surface area contributed by atoms with Gasteiger partial charge in [-0.15, -0.1) is 0 Å². The van der Waals surface area contributed by atoms with Gasteiger partial charge in [-0.05, 0) is 25.5 Å². The summed E-state index contributed by atoms with van der Waals surface area (Å²) < 4.78 is 25.8. The highest BCUT2D eigenvalue weighted by atomic mass is 32.2. The maximum atomic E-state index is 11.5. The van der Waals surface area contributed by atoms with Gasteiger partial charge in [0.2, 0.25) is 10.0 Å². The molecular weight excluding hydrogens is 230 g/mol. The second-order valence-electron chi connectivity index (χ2n) is 3.91. The predicted molar refractivity (Wildman–Crippen MR) is 66.8 cm³/mol. The quantitative estimate of drug-likeness (QED) is 0.813. The van der Waals surface area contributed by atoms with Crippen LogP contribution >= 0.6 is 11.8 Å². The zero-order chi connectivity index (χ0) is 11.3. The Kier molecular flexibility index (Phi) is 5.43. The van der Waals surface area contributed by atoms with E-state index in [9.17, 15) is 8.42 Å². The Bertz CT molecular complexity index is 275. The SMILES string of the molecule is CCS[C@H]1CCCC[C@H]1NS(=O)(=O)CC. The summed E-state index contributed by atoms with van der Waals surface area (Å²) in [4.78, 5) is 0. The Morgan fingerprint density at radius 3 is 2.53 bits per heavy atom. The first-order valence-electron chi connectivity index (χ1n) is 5.70. The molecule has 0 amide bonds. The van der Waals surface area contributed by atoms with E-state index in [2.05, 4.69) is 11.6 Å². The van der Waals surface area contributed by atoms with E-state index < -0.39 is 10.0 Å². The van der Waals surface area contributed by atoms with E-state index in [0.29, 0.717) is 5.25 Å². The number of hydrogen-bond acceptors (Lipinski definition) is 3. The van der Waals surface area contributed by atoms with Gasteiger partial charge in [0.15, 0.2) is 0 Å².